The van der Waals surface area contributed by atoms with E-state index in [2.05, 4.69) is 0 Å². The zero-order chi connectivity index (χ0) is 39.0. The molecule has 312 valence electrons. The van der Waals surface area contributed by atoms with E-state index in [0.717, 1.165) is 0 Å². The van der Waals surface area contributed by atoms with Gasteiger partial charge < -0.3 is 89.0 Å². The Bertz CT molecular complexity index is 775. The van der Waals surface area contributed by atoms with Crippen LogP contribution in [0.15, 0.2) is 0 Å². The fourth-order valence-electron chi connectivity index (χ4n) is 4.18. The van der Waals surface area contributed by atoms with Crippen LogP contribution in [-0.4, -0.2) is 249 Å². The molecule has 20 nitrogen and oxygen atoms in total. The number of nitrogens with zero attached hydrogens (tertiary/aromatic N) is 1. The highest BCUT2D eigenvalue weighted by molar-refractivity contribution is 5.75. The van der Waals surface area contributed by atoms with Crippen molar-refractivity contribution in [2.45, 2.75) is 62.2 Å². The maximum Gasteiger partial charge on any atom is 0.132 e. The van der Waals surface area contributed by atoms with E-state index in [1.165, 1.54) is 11.8 Å². The molecule has 0 aromatic carbocycles. The highest BCUT2D eigenvalue weighted by Crippen LogP contribution is 2.11. The average Bonchev–Trinajstić information content (AvgIpc) is 3.13. The first-order valence-corrected chi connectivity index (χ1v) is 17.5. The van der Waals surface area contributed by atoms with E-state index < -0.39 is 62.0 Å². The summed E-state index contributed by atoms with van der Waals surface area (Å²) in [6, 6.07) is 0. The lowest BCUT2D eigenvalue weighted by atomic mass is 10.0. The maximum atomic E-state index is 10.8. The van der Waals surface area contributed by atoms with E-state index >= 15 is 0 Å². The van der Waals surface area contributed by atoms with Crippen LogP contribution in [0.5, 0.6) is 0 Å². The molecule has 0 aliphatic heterocycles. The number of ether oxygens (including phenoxy) is 8. The van der Waals surface area contributed by atoms with Gasteiger partial charge in [-0.15, -0.1) is 0 Å². The summed E-state index contributed by atoms with van der Waals surface area (Å²) in [4.78, 5) is 12.1. The zero-order valence-electron chi connectivity index (χ0n) is 30.3. The van der Waals surface area contributed by atoms with Crippen molar-refractivity contribution in [2.24, 2.45) is 0 Å². The predicted octanol–water partition coefficient (Wildman–Crippen LogP) is -5.73. The molecule has 0 radical (unpaired) electrons. The van der Waals surface area contributed by atoms with Crippen LogP contribution in [0, 0.1) is 0 Å². The number of ketones is 1. The molecule has 0 spiro atoms. The monoisotopic (exact) mass is 767 g/mol. The molecule has 0 bridgehead atoms. The van der Waals surface area contributed by atoms with Crippen LogP contribution in [0.4, 0.5) is 0 Å². The standard InChI is InChI=1S/C32H65NO19/c1-24(36)2-4-45-6-8-47-10-12-49-14-16-51-18-19-52-17-15-50-13-11-48-9-7-46-5-3-33(20-25(37)29(41)31(43)27(39)22-34)21-26(38)30(42)32(44)28(40)23-35/h25-32,34-35,37-44H,2-23H2,1H3/t25-,26-,27+,28+,29+,30+,31+,32+/m0/s1. The SMILES string of the molecule is CC(=O)CCOCCOCCOCCOCCOCCOCCOCCOCCN(C[C@H](O)[C@@H](O)[C@H](O)[C@H](O)CO)C[C@H](O)[C@@H](O)[C@H](O)[C@H](O)CO. The molecule has 0 unspecified atom stereocenters. The molecular weight excluding hydrogens is 702 g/mol. The molecule has 0 amide bonds. The van der Waals surface area contributed by atoms with Gasteiger partial charge in [0.2, 0.25) is 0 Å². The second-order valence-electron chi connectivity index (χ2n) is 11.7. The average molecular weight is 768 g/mol. The quantitative estimate of drug-likeness (QED) is 0.0261. The minimum atomic E-state index is -1.87. The van der Waals surface area contributed by atoms with Gasteiger partial charge in [0.05, 0.1) is 131 Å². The number of aliphatic hydroxyl groups is 10. The van der Waals surface area contributed by atoms with Crippen molar-refractivity contribution in [3.05, 3.63) is 0 Å². The first-order chi connectivity index (χ1) is 25.0. The lowest BCUT2D eigenvalue weighted by Gasteiger charge is -2.33. The summed E-state index contributed by atoms with van der Waals surface area (Å²) in [7, 11) is 0. The molecule has 0 aliphatic rings. The van der Waals surface area contributed by atoms with Crippen molar-refractivity contribution in [1.82, 2.24) is 4.90 Å². The third kappa shape index (κ3) is 27.5. The van der Waals surface area contributed by atoms with Crippen molar-refractivity contribution in [3.8, 4) is 0 Å². The van der Waals surface area contributed by atoms with Crippen LogP contribution in [-0.2, 0) is 42.7 Å². The fourth-order valence-corrected chi connectivity index (χ4v) is 4.18. The number of carbonyl (C=O) groups excluding carboxylic acids is 1. The molecule has 0 aromatic rings. The Morgan fingerprint density at radius 3 is 0.942 bits per heavy atom. The Labute approximate surface area is 305 Å². The van der Waals surface area contributed by atoms with Crippen molar-refractivity contribution in [3.63, 3.8) is 0 Å². The second kappa shape index (κ2) is 34.4. The summed E-state index contributed by atoms with van der Waals surface area (Å²) >= 11 is 0. The van der Waals surface area contributed by atoms with Crippen molar-refractivity contribution in [1.29, 1.82) is 0 Å². The van der Waals surface area contributed by atoms with Gasteiger partial charge in [-0.3, -0.25) is 9.69 Å². The van der Waals surface area contributed by atoms with Gasteiger partial charge in [-0.25, -0.2) is 0 Å². The van der Waals surface area contributed by atoms with Crippen LogP contribution in [0.2, 0.25) is 0 Å². The topological polar surface area (TPSA) is 296 Å². The second-order valence-corrected chi connectivity index (χ2v) is 11.7. The van der Waals surface area contributed by atoms with Gasteiger partial charge in [-0.1, -0.05) is 0 Å². The van der Waals surface area contributed by atoms with E-state index in [4.69, 9.17) is 48.1 Å². The summed E-state index contributed by atoms with van der Waals surface area (Å²) < 4.78 is 43.3. The van der Waals surface area contributed by atoms with Gasteiger partial charge >= 0.3 is 0 Å². The molecule has 52 heavy (non-hydrogen) atoms. The Morgan fingerprint density at radius 1 is 0.423 bits per heavy atom. The van der Waals surface area contributed by atoms with Gasteiger partial charge in [-0.2, -0.15) is 0 Å². The fraction of sp³-hybridized carbons (Fsp3) is 0.969. The third-order valence-electron chi connectivity index (χ3n) is 7.30. The number of Topliss-reactive ketones (excluding diaryl/α,β-unsaturated/α-hetero) is 1. The third-order valence-corrected chi connectivity index (χ3v) is 7.30. The summed E-state index contributed by atoms with van der Waals surface area (Å²) in [6.07, 6.45) is -13.8. The first-order valence-electron chi connectivity index (χ1n) is 17.5. The summed E-state index contributed by atoms with van der Waals surface area (Å²) in [5, 5.41) is 97.9. The van der Waals surface area contributed by atoms with E-state index in [1.807, 2.05) is 0 Å². The highest BCUT2D eigenvalue weighted by atomic mass is 16.6. The number of carbonyl (C=O) groups is 1. The van der Waals surface area contributed by atoms with Crippen LogP contribution in [0.3, 0.4) is 0 Å². The molecule has 0 fully saturated rings. The minimum absolute atomic E-state index is 0.0325. The van der Waals surface area contributed by atoms with E-state index in [1.54, 1.807) is 0 Å². The number of aliphatic hydroxyl groups excluding tert-OH is 10. The van der Waals surface area contributed by atoms with Gasteiger partial charge in [0.25, 0.3) is 0 Å². The largest absolute Gasteiger partial charge is 0.394 e. The summed E-state index contributed by atoms with van der Waals surface area (Å²) in [6.45, 7) is 4.75. The maximum absolute atomic E-state index is 10.8. The Hall–Kier alpha value is -1.09. The molecule has 0 rings (SSSR count). The molecule has 0 aliphatic carbocycles. The van der Waals surface area contributed by atoms with E-state index in [-0.39, 0.29) is 45.2 Å². The number of rotatable bonds is 39. The molecule has 0 saturated carbocycles. The molecule has 0 aromatic heterocycles. The van der Waals surface area contributed by atoms with Crippen LogP contribution in [0.1, 0.15) is 13.3 Å². The number of hydrogen-bond acceptors (Lipinski definition) is 20. The Balaban J connectivity index is 3.97. The van der Waals surface area contributed by atoms with Gasteiger partial charge in [0, 0.05) is 26.1 Å². The number of hydrogen-bond donors (Lipinski definition) is 10. The summed E-state index contributed by atoms with van der Waals surface area (Å²) in [5.41, 5.74) is 0. The van der Waals surface area contributed by atoms with Crippen LogP contribution < -0.4 is 0 Å². The highest BCUT2D eigenvalue weighted by Gasteiger charge is 2.34. The van der Waals surface area contributed by atoms with Gasteiger partial charge in [0.1, 0.15) is 42.4 Å². The lowest BCUT2D eigenvalue weighted by Crippen LogP contribution is -2.53. The van der Waals surface area contributed by atoms with E-state index in [0.29, 0.717) is 92.3 Å². The smallest absolute Gasteiger partial charge is 0.132 e. The lowest BCUT2D eigenvalue weighted by molar-refractivity contribution is -0.131. The molecular formula is C32H65NO19. The predicted molar refractivity (Wildman–Crippen MR) is 181 cm³/mol. The molecule has 20 heteroatoms. The van der Waals surface area contributed by atoms with Crippen molar-refractivity contribution in [2.75, 3.05) is 139 Å². The first kappa shape index (κ1) is 50.9. The Morgan fingerprint density at radius 2 is 0.673 bits per heavy atom. The van der Waals surface area contributed by atoms with Gasteiger partial charge in [0.15, 0.2) is 0 Å². The molecule has 8 atom stereocenters. The zero-order valence-corrected chi connectivity index (χ0v) is 30.3. The Kier molecular flexibility index (Phi) is 33.7. The molecule has 0 heterocycles. The van der Waals surface area contributed by atoms with Crippen LogP contribution >= 0.6 is 0 Å². The summed E-state index contributed by atoms with van der Waals surface area (Å²) in [5.74, 6) is 0.0960. The van der Waals surface area contributed by atoms with E-state index in [9.17, 15) is 45.6 Å². The van der Waals surface area contributed by atoms with Gasteiger partial charge in [-0.05, 0) is 6.92 Å². The molecule has 0 saturated heterocycles. The normalized spacial score (nSPS) is 16.8. The van der Waals surface area contributed by atoms with Crippen molar-refractivity contribution >= 4 is 5.78 Å². The minimum Gasteiger partial charge on any atom is -0.394 e. The van der Waals surface area contributed by atoms with Crippen LogP contribution in [0.25, 0.3) is 0 Å². The van der Waals surface area contributed by atoms with Crippen molar-refractivity contribution < 1.29 is 93.8 Å². The molecule has 10 N–H and O–H groups in total.